The lowest BCUT2D eigenvalue weighted by Gasteiger charge is -2.27. The quantitative estimate of drug-likeness (QED) is 0.522. The Bertz CT molecular complexity index is 1100. The number of imidazole rings is 1. The van der Waals surface area contributed by atoms with Gasteiger partial charge in [0.05, 0.1) is 29.8 Å². The van der Waals surface area contributed by atoms with Crippen LogP contribution in [0.15, 0.2) is 30.3 Å². The summed E-state index contributed by atoms with van der Waals surface area (Å²) >= 11 is 0. The Hall–Kier alpha value is -2.78. The first-order valence-corrected chi connectivity index (χ1v) is 10.9. The Morgan fingerprint density at radius 3 is 2.44 bits per heavy atom. The summed E-state index contributed by atoms with van der Waals surface area (Å²) < 4.78 is 49.3. The number of aliphatic hydroxyl groups is 1. The van der Waals surface area contributed by atoms with E-state index in [-0.39, 0.29) is 24.1 Å². The van der Waals surface area contributed by atoms with Crippen LogP contribution in [-0.4, -0.2) is 40.0 Å². The summed E-state index contributed by atoms with van der Waals surface area (Å²) in [5, 5.41) is 16.0. The molecule has 0 spiro atoms. The zero-order chi connectivity index (χ0) is 22.2. The van der Waals surface area contributed by atoms with Crippen molar-refractivity contribution in [2.45, 2.75) is 50.3 Å². The minimum atomic E-state index is -1.02. The predicted octanol–water partition coefficient (Wildman–Crippen LogP) is 4.87. The van der Waals surface area contributed by atoms with E-state index in [0.717, 1.165) is 43.3 Å². The van der Waals surface area contributed by atoms with Crippen LogP contribution in [0.3, 0.4) is 0 Å². The average molecular weight is 446 g/mol. The number of hydrogen-bond donors (Lipinski definition) is 3. The Morgan fingerprint density at radius 1 is 1.00 bits per heavy atom. The monoisotopic (exact) mass is 446 g/mol. The Kier molecular flexibility index (Phi) is 5.69. The topological polar surface area (TPSA) is 71.3 Å². The summed E-state index contributed by atoms with van der Waals surface area (Å²) in [6.07, 6.45) is 3.86. The molecule has 6 nitrogen and oxygen atoms in total. The van der Waals surface area contributed by atoms with E-state index in [1.54, 1.807) is 0 Å². The Labute approximate surface area is 183 Å². The second-order valence-electron chi connectivity index (χ2n) is 8.55. The van der Waals surface area contributed by atoms with Gasteiger partial charge in [-0.15, -0.1) is 0 Å². The highest BCUT2D eigenvalue weighted by molar-refractivity contribution is 5.83. The molecule has 2 aromatic carbocycles. The van der Waals surface area contributed by atoms with Crippen molar-refractivity contribution in [1.82, 2.24) is 9.55 Å². The van der Waals surface area contributed by atoms with E-state index in [2.05, 4.69) is 15.6 Å². The van der Waals surface area contributed by atoms with E-state index in [4.69, 9.17) is 4.74 Å². The van der Waals surface area contributed by atoms with Crippen molar-refractivity contribution in [1.29, 1.82) is 0 Å². The van der Waals surface area contributed by atoms with Gasteiger partial charge in [-0.25, -0.2) is 18.2 Å². The maximum Gasteiger partial charge on any atom is 0.208 e. The Balaban J connectivity index is 1.51. The van der Waals surface area contributed by atoms with Gasteiger partial charge in [-0.2, -0.15) is 0 Å². The minimum absolute atomic E-state index is 0.0471. The number of aliphatic hydroxyl groups excluding tert-OH is 1. The maximum absolute atomic E-state index is 14.3. The summed E-state index contributed by atoms with van der Waals surface area (Å²) in [7, 11) is 0. The lowest BCUT2D eigenvalue weighted by Crippen LogP contribution is -2.28. The van der Waals surface area contributed by atoms with E-state index in [9.17, 15) is 18.3 Å². The first kappa shape index (κ1) is 21.1. The van der Waals surface area contributed by atoms with Gasteiger partial charge in [0, 0.05) is 30.5 Å². The largest absolute Gasteiger partial charge is 0.393 e. The Morgan fingerprint density at radius 2 is 1.75 bits per heavy atom. The van der Waals surface area contributed by atoms with Crippen LogP contribution in [0.25, 0.3) is 11.0 Å². The van der Waals surface area contributed by atoms with Crippen LogP contribution in [0, 0.1) is 17.5 Å². The number of aromatic nitrogens is 2. The van der Waals surface area contributed by atoms with Gasteiger partial charge in [0.1, 0.15) is 11.5 Å². The smallest absolute Gasteiger partial charge is 0.208 e. The fraction of sp³-hybridized carbons (Fsp3) is 0.435. The zero-order valence-corrected chi connectivity index (χ0v) is 17.5. The number of halogens is 3. The highest BCUT2D eigenvalue weighted by atomic mass is 19.1. The van der Waals surface area contributed by atoms with Crippen molar-refractivity contribution in [3.63, 3.8) is 0 Å². The van der Waals surface area contributed by atoms with Crippen molar-refractivity contribution in [2.24, 2.45) is 0 Å². The predicted molar refractivity (Wildman–Crippen MR) is 116 cm³/mol. The van der Waals surface area contributed by atoms with E-state index in [1.807, 2.05) is 22.8 Å². The van der Waals surface area contributed by atoms with Crippen molar-refractivity contribution >= 4 is 28.4 Å². The fourth-order valence-corrected chi connectivity index (χ4v) is 4.60. The third kappa shape index (κ3) is 4.14. The molecular weight excluding hydrogens is 421 g/mol. The molecule has 0 radical (unpaired) electrons. The molecule has 3 aromatic rings. The molecule has 1 atom stereocenters. The van der Waals surface area contributed by atoms with Gasteiger partial charge >= 0.3 is 0 Å². The number of fused-ring (bicyclic) bond motifs is 1. The maximum atomic E-state index is 14.3. The highest BCUT2D eigenvalue weighted by Gasteiger charge is 2.26. The molecule has 0 unspecified atom stereocenters. The molecule has 0 amide bonds. The number of benzene rings is 2. The van der Waals surface area contributed by atoms with Gasteiger partial charge in [0.15, 0.2) is 11.6 Å². The molecule has 170 valence electrons. The molecule has 2 aliphatic rings. The molecule has 2 fully saturated rings. The minimum Gasteiger partial charge on any atom is -0.393 e. The van der Waals surface area contributed by atoms with Gasteiger partial charge in [0.2, 0.25) is 5.95 Å². The molecule has 5 rings (SSSR count). The summed E-state index contributed by atoms with van der Waals surface area (Å²) in [6.45, 7) is 1.05. The number of nitrogens with one attached hydrogen (secondary N) is 2. The standard InChI is InChI=1S/C23H25F3N4O2/c24-13-9-18(25)22(19(26)10-13)29-23-28-20-6-3-15(27-14-1-4-17(31)5-2-14)11-21(20)30(23)16-7-8-32-12-16/h3,6,9-11,14,16-17,27,31H,1-2,4-5,7-8,12H2,(H,28,29)/t14-,16-,17-/m0/s1. The van der Waals surface area contributed by atoms with E-state index >= 15 is 0 Å². The van der Waals surface area contributed by atoms with Crippen molar-refractivity contribution < 1.29 is 23.0 Å². The highest BCUT2D eigenvalue weighted by Crippen LogP contribution is 2.34. The summed E-state index contributed by atoms with van der Waals surface area (Å²) in [6, 6.07) is 7.29. The number of hydrogen-bond acceptors (Lipinski definition) is 5. The first-order valence-electron chi connectivity index (χ1n) is 10.9. The van der Waals surface area contributed by atoms with Crippen LogP contribution in [0.1, 0.15) is 38.1 Å². The molecule has 1 aromatic heterocycles. The molecule has 1 saturated heterocycles. The number of anilines is 3. The molecule has 3 N–H and O–H groups in total. The molecule has 0 bridgehead atoms. The molecule has 9 heteroatoms. The number of rotatable bonds is 5. The summed E-state index contributed by atoms with van der Waals surface area (Å²) in [5.74, 6) is -2.75. The molecule has 2 heterocycles. The van der Waals surface area contributed by atoms with Gasteiger partial charge < -0.3 is 25.0 Å². The van der Waals surface area contributed by atoms with Gasteiger partial charge in [-0.1, -0.05) is 0 Å². The number of nitrogens with zero attached hydrogens (tertiary/aromatic N) is 2. The molecule has 1 saturated carbocycles. The third-order valence-electron chi connectivity index (χ3n) is 6.27. The summed E-state index contributed by atoms with van der Waals surface area (Å²) in [5.41, 5.74) is 1.96. The average Bonchev–Trinajstić information content (AvgIpc) is 3.39. The van der Waals surface area contributed by atoms with Crippen LogP contribution in [0.5, 0.6) is 0 Å². The zero-order valence-electron chi connectivity index (χ0n) is 17.5. The fourth-order valence-electron chi connectivity index (χ4n) is 4.60. The van der Waals surface area contributed by atoms with Crippen molar-refractivity contribution in [3.05, 3.63) is 47.8 Å². The van der Waals surface area contributed by atoms with Crippen LogP contribution >= 0.6 is 0 Å². The molecule has 1 aliphatic carbocycles. The molecular formula is C23H25F3N4O2. The lowest BCUT2D eigenvalue weighted by molar-refractivity contribution is 0.126. The van der Waals surface area contributed by atoms with Crippen LogP contribution in [0.2, 0.25) is 0 Å². The third-order valence-corrected chi connectivity index (χ3v) is 6.27. The van der Waals surface area contributed by atoms with E-state index < -0.39 is 23.1 Å². The van der Waals surface area contributed by atoms with Crippen LogP contribution in [-0.2, 0) is 4.74 Å². The molecule has 32 heavy (non-hydrogen) atoms. The normalized spacial score (nSPS) is 23.6. The second-order valence-corrected chi connectivity index (χ2v) is 8.55. The van der Waals surface area contributed by atoms with Gasteiger partial charge in [-0.05, 0) is 50.3 Å². The van der Waals surface area contributed by atoms with Crippen molar-refractivity contribution in [2.75, 3.05) is 23.8 Å². The van der Waals surface area contributed by atoms with Gasteiger partial charge in [0.25, 0.3) is 0 Å². The second kappa shape index (κ2) is 8.63. The lowest BCUT2D eigenvalue weighted by atomic mass is 9.93. The van der Waals surface area contributed by atoms with Gasteiger partial charge in [-0.3, -0.25) is 0 Å². The van der Waals surface area contributed by atoms with Crippen molar-refractivity contribution in [3.8, 4) is 0 Å². The van der Waals surface area contributed by atoms with E-state index in [1.165, 1.54) is 0 Å². The van der Waals surface area contributed by atoms with E-state index in [0.29, 0.717) is 30.9 Å². The van der Waals surface area contributed by atoms with Crippen LogP contribution < -0.4 is 10.6 Å². The number of ether oxygens (including phenoxy) is 1. The van der Waals surface area contributed by atoms with Crippen LogP contribution in [0.4, 0.5) is 30.5 Å². The molecule has 1 aliphatic heterocycles. The first-order chi connectivity index (χ1) is 15.5. The SMILES string of the molecule is O[C@H]1CC[C@H](Nc2ccc3nc(Nc4c(F)cc(F)cc4F)n([C@H]4CCOC4)c3c2)CC1. The summed E-state index contributed by atoms with van der Waals surface area (Å²) in [4.78, 5) is 4.56.